The van der Waals surface area contributed by atoms with Crippen LogP contribution in [0.2, 0.25) is 0 Å². The average Bonchev–Trinajstić information content (AvgIpc) is 2.38. The molecule has 2 N–H and O–H groups in total. The molecule has 1 aromatic carbocycles. The zero-order valence-corrected chi connectivity index (χ0v) is 10.8. The second-order valence-corrected chi connectivity index (χ2v) is 4.26. The quantitative estimate of drug-likeness (QED) is 0.348. The van der Waals surface area contributed by atoms with Crippen molar-refractivity contribution in [3.63, 3.8) is 0 Å². The molecule has 0 aliphatic rings. The SMILES string of the molecule is CC(NCCCN=[N+]=[N-])(C(=O)O)c1c(F)cccc1F. The second-order valence-electron chi connectivity index (χ2n) is 4.26. The number of nitrogens with zero attached hydrogens (tertiary/aromatic N) is 3. The van der Waals surface area contributed by atoms with Crippen LogP contribution in [-0.2, 0) is 10.3 Å². The molecule has 0 aromatic heterocycles. The number of nitrogens with one attached hydrogen (secondary N) is 1. The van der Waals surface area contributed by atoms with Crippen LogP contribution < -0.4 is 5.32 Å². The summed E-state index contributed by atoms with van der Waals surface area (Å²) in [4.78, 5) is 13.9. The van der Waals surface area contributed by atoms with Gasteiger partial charge in [0, 0.05) is 11.5 Å². The predicted octanol–water partition coefficient (Wildman–Crippen LogP) is 2.55. The van der Waals surface area contributed by atoms with Crippen LogP contribution in [0.1, 0.15) is 18.9 Å². The lowest BCUT2D eigenvalue weighted by Crippen LogP contribution is -2.48. The minimum absolute atomic E-state index is 0.135. The normalized spacial score (nSPS) is 13.3. The van der Waals surface area contributed by atoms with Crippen LogP contribution in [0, 0.1) is 11.6 Å². The summed E-state index contributed by atoms with van der Waals surface area (Å²) in [6.07, 6.45) is 0.350. The summed E-state index contributed by atoms with van der Waals surface area (Å²) in [5, 5.41) is 15.1. The number of benzene rings is 1. The molecule has 0 radical (unpaired) electrons. The Morgan fingerprint density at radius 3 is 2.60 bits per heavy atom. The maximum Gasteiger partial charge on any atom is 0.328 e. The maximum atomic E-state index is 13.7. The van der Waals surface area contributed by atoms with E-state index in [2.05, 4.69) is 15.3 Å². The van der Waals surface area contributed by atoms with E-state index < -0.39 is 28.7 Å². The number of azide groups is 1. The Kier molecular flexibility index (Phi) is 5.42. The number of carbonyl (C=O) groups is 1. The first kappa shape index (κ1) is 15.9. The van der Waals surface area contributed by atoms with Crippen molar-refractivity contribution in [2.24, 2.45) is 5.11 Å². The van der Waals surface area contributed by atoms with Crippen molar-refractivity contribution in [1.29, 1.82) is 0 Å². The smallest absolute Gasteiger partial charge is 0.328 e. The number of hydrogen-bond donors (Lipinski definition) is 2. The molecule has 0 aliphatic carbocycles. The first-order valence-electron chi connectivity index (χ1n) is 5.87. The van der Waals surface area contributed by atoms with Gasteiger partial charge in [0.1, 0.15) is 17.2 Å². The van der Waals surface area contributed by atoms with Gasteiger partial charge in [0.2, 0.25) is 0 Å². The Labute approximate surface area is 114 Å². The van der Waals surface area contributed by atoms with E-state index in [0.717, 1.165) is 18.2 Å². The molecule has 0 spiro atoms. The third-order valence-electron chi connectivity index (χ3n) is 2.87. The molecular formula is C12H14F2N4O2. The lowest BCUT2D eigenvalue weighted by atomic mass is 9.90. The molecule has 0 heterocycles. The zero-order valence-electron chi connectivity index (χ0n) is 10.8. The van der Waals surface area contributed by atoms with Crippen LogP contribution in [0.25, 0.3) is 10.4 Å². The summed E-state index contributed by atoms with van der Waals surface area (Å²) in [7, 11) is 0. The van der Waals surface area contributed by atoms with E-state index in [1.54, 1.807) is 0 Å². The van der Waals surface area contributed by atoms with Gasteiger partial charge in [-0.15, -0.1) is 0 Å². The van der Waals surface area contributed by atoms with Crippen molar-refractivity contribution in [2.75, 3.05) is 13.1 Å². The molecule has 6 nitrogen and oxygen atoms in total. The van der Waals surface area contributed by atoms with E-state index in [0.29, 0.717) is 6.42 Å². The molecule has 0 fully saturated rings. The number of carboxylic acid groups (broad SMARTS) is 1. The fraction of sp³-hybridized carbons (Fsp3) is 0.417. The van der Waals surface area contributed by atoms with Crippen molar-refractivity contribution in [1.82, 2.24) is 5.32 Å². The highest BCUT2D eigenvalue weighted by Gasteiger charge is 2.39. The molecule has 1 rings (SSSR count). The minimum atomic E-state index is -1.90. The molecular weight excluding hydrogens is 270 g/mol. The lowest BCUT2D eigenvalue weighted by molar-refractivity contribution is -0.144. The summed E-state index contributed by atoms with van der Waals surface area (Å²) < 4.78 is 27.5. The third kappa shape index (κ3) is 3.43. The van der Waals surface area contributed by atoms with E-state index in [4.69, 9.17) is 5.53 Å². The van der Waals surface area contributed by atoms with E-state index in [9.17, 15) is 18.7 Å². The Bertz CT molecular complexity index is 526. The monoisotopic (exact) mass is 284 g/mol. The van der Waals surface area contributed by atoms with Gasteiger partial charge in [-0.3, -0.25) is 5.32 Å². The number of rotatable bonds is 7. The summed E-state index contributed by atoms with van der Waals surface area (Å²) >= 11 is 0. The number of carboxylic acids is 1. The lowest BCUT2D eigenvalue weighted by Gasteiger charge is -2.27. The Morgan fingerprint density at radius 2 is 2.10 bits per heavy atom. The summed E-state index contributed by atoms with van der Waals surface area (Å²) in [6.45, 7) is 1.49. The fourth-order valence-electron chi connectivity index (χ4n) is 1.78. The van der Waals surface area contributed by atoms with Gasteiger partial charge in [-0.1, -0.05) is 11.2 Å². The highest BCUT2D eigenvalue weighted by Crippen LogP contribution is 2.26. The molecule has 0 saturated heterocycles. The first-order chi connectivity index (χ1) is 9.43. The highest BCUT2D eigenvalue weighted by molar-refractivity contribution is 5.80. The highest BCUT2D eigenvalue weighted by atomic mass is 19.1. The number of halogens is 2. The van der Waals surface area contributed by atoms with E-state index >= 15 is 0 Å². The zero-order chi connectivity index (χ0) is 15.2. The maximum absolute atomic E-state index is 13.7. The summed E-state index contributed by atoms with van der Waals surface area (Å²) in [5.74, 6) is -3.26. The van der Waals surface area contributed by atoms with E-state index in [1.165, 1.54) is 6.92 Å². The van der Waals surface area contributed by atoms with Gasteiger partial charge in [-0.25, -0.2) is 13.6 Å². The Morgan fingerprint density at radius 1 is 1.50 bits per heavy atom. The molecule has 1 aromatic rings. The van der Waals surface area contributed by atoms with Crippen molar-refractivity contribution in [2.45, 2.75) is 18.9 Å². The molecule has 1 unspecified atom stereocenters. The first-order valence-corrected chi connectivity index (χ1v) is 5.87. The summed E-state index contributed by atoms with van der Waals surface area (Å²) in [6, 6.07) is 3.17. The van der Waals surface area contributed by atoms with Crippen molar-refractivity contribution in [3.05, 3.63) is 45.8 Å². The molecule has 1 atom stereocenters. The number of hydrogen-bond acceptors (Lipinski definition) is 3. The van der Waals surface area contributed by atoms with Crippen LogP contribution in [0.15, 0.2) is 23.3 Å². The predicted molar refractivity (Wildman–Crippen MR) is 68.0 cm³/mol. The van der Waals surface area contributed by atoms with Crippen LogP contribution in [0.4, 0.5) is 8.78 Å². The average molecular weight is 284 g/mol. The second kappa shape index (κ2) is 6.83. The van der Waals surface area contributed by atoms with Crippen molar-refractivity contribution in [3.8, 4) is 0 Å². The molecule has 0 saturated carbocycles. The van der Waals surface area contributed by atoms with Crippen LogP contribution in [0.3, 0.4) is 0 Å². The van der Waals surface area contributed by atoms with Gasteiger partial charge < -0.3 is 5.11 Å². The Hall–Kier alpha value is -2.18. The topological polar surface area (TPSA) is 98.1 Å². The standard InChI is InChI=1S/C12H14F2N4O2/c1-12(11(19)20,16-6-3-7-17-18-15)10-8(13)4-2-5-9(10)14/h2,4-5,16H,3,6-7H2,1H3,(H,19,20). The molecule has 0 aliphatic heterocycles. The summed E-state index contributed by atoms with van der Waals surface area (Å²) in [5.41, 5.74) is 5.67. The Balaban J connectivity index is 2.97. The van der Waals surface area contributed by atoms with Crippen LogP contribution in [0.5, 0.6) is 0 Å². The van der Waals surface area contributed by atoms with Gasteiger partial charge in [0.25, 0.3) is 0 Å². The van der Waals surface area contributed by atoms with Gasteiger partial charge in [0.05, 0.1) is 5.56 Å². The molecule has 0 bridgehead atoms. The van der Waals surface area contributed by atoms with Crippen molar-refractivity contribution < 1.29 is 18.7 Å². The van der Waals surface area contributed by atoms with Crippen molar-refractivity contribution >= 4 is 5.97 Å². The van der Waals surface area contributed by atoms with Crippen LogP contribution in [-0.4, -0.2) is 24.2 Å². The van der Waals surface area contributed by atoms with E-state index in [-0.39, 0.29) is 13.1 Å². The van der Waals surface area contributed by atoms with Gasteiger partial charge in [-0.05, 0) is 37.6 Å². The minimum Gasteiger partial charge on any atom is -0.480 e. The van der Waals surface area contributed by atoms with Crippen LogP contribution >= 0.6 is 0 Å². The van der Waals surface area contributed by atoms with Gasteiger partial charge in [0.15, 0.2) is 0 Å². The van der Waals surface area contributed by atoms with E-state index in [1.807, 2.05) is 0 Å². The largest absolute Gasteiger partial charge is 0.480 e. The number of aliphatic carboxylic acids is 1. The molecule has 108 valence electrons. The van der Waals surface area contributed by atoms with Gasteiger partial charge >= 0.3 is 5.97 Å². The third-order valence-corrected chi connectivity index (χ3v) is 2.87. The molecule has 20 heavy (non-hydrogen) atoms. The molecule has 8 heteroatoms. The van der Waals surface area contributed by atoms with Gasteiger partial charge in [-0.2, -0.15) is 0 Å². The molecule has 0 amide bonds. The fourth-order valence-corrected chi connectivity index (χ4v) is 1.78.